The van der Waals surface area contributed by atoms with E-state index in [0.29, 0.717) is 17.1 Å². The SMILES string of the molecule is COc1cc(C(=O)NC2CCC(N)CC2)ccc1OCC(=O)NC(C)C. The van der Waals surface area contributed by atoms with E-state index in [1.807, 2.05) is 13.8 Å². The molecule has 0 bridgehead atoms. The minimum absolute atomic E-state index is 0.0494. The molecule has 0 saturated heterocycles. The van der Waals surface area contributed by atoms with Gasteiger partial charge in [-0.3, -0.25) is 9.59 Å². The molecule has 0 atom stereocenters. The summed E-state index contributed by atoms with van der Waals surface area (Å²) in [7, 11) is 1.50. The number of carbonyl (C=O) groups is 2. The number of nitrogens with two attached hydrogens (primary N) is 1. The van der Waals surface area contributed by atoms with Gasteiger partial charge in [0.25, 0.3) is 11.8 Å². The number of ether oxygens (including phenoxy) is 2. The van der Waals surface area contributed by atoms with Gasteiger partial charge < -0.3 is 25.8 Å². The summed E-state index contributed by atoms with van der Waals surface area (Å²) in [5.41, 5.74) is 6.39. The summed E-state index contributed by atoms with van der Waals surface area (Å²) in [6.07, 6.45) is 3.66. The second-order valence-electron chi connectivity index (χ2n) is 6.96. The number of benzene rings is 1. The Labute approximate surface area is 154 Å². The van der Waals surface area contributed by atoms with Crippen molar-refractivity contribution in [3.8, 4) is 11.5 Å². The molecule has 1 aromatic carbocycles. The van der Waals surface area contributed by atoms with E-state index >= 15 is 0 Å². The second kappa shape index (κ2) is 9.43. The van der Waals surface area contributed by atoms with Crippen LogP contribution in [0.3, 0.4) is 0 Å². The Morgan fingerprint density at radius 1 is 1.19 bits per heavy atom. The zero-order valence-corrected chi connectivity index (χ0v) is 15.7. The molecule has 0 heterocycles. The van der Waals surface area contributed by atoms with Crippen LogP contribution < -0.4 is 25.8 Å². The molecule has 1 fully saturated rings. The summed E-state index contributed by atoms with van der Waals surface area (Å²) in [4.78, 5) is 24.2. The minimum atomic E-state index is -0.209. The zero-order chi connectivity index (χ0) is 19.1. The predicted molar refractivity (Wildman–Crippen MR) is 99.5 cm³/mol. The number of amides is 2. The Kier molecular flexibility index (Phi) is 7.26. The van der Waals surface area contributed by atoms with Crippen LogP contribution in [0.2, 0.25) is 0 Å². The third kappa shape index (κ3) is 5.91. The lowest BCUT2D eigenvalue weighted by Gasteiger charge is -2.26. The molecule has 7 nitrogen and oxygen atoms in total. The van der Waals surface area contributed by atoms with Crippen LogP contribution in [0.1, 0.15) is 49.9 Å². The third-order valence-corrected chi connectivity index (χ3v) is 4.34. The fourth-order valence-electron chi connectivity index (χ4n) is 2.97. The largest absolute Gasteiger partial charge is 0.493 e. The van der Waals surface area contributed by atoms with Crippen molar-refractivity contribution < 1.29 is 19.1 Å². The van der Waals surface area contributed by atoms with Crippen LogP contribution in [-0.2, 0) is 4.79 Å². The van der Waals surface area contributed by atoms with Gasteiger partial charge in [0.1, 0.15) is 0 Å². The van der Waals surface area contributed by atoms with Crippen molar-refractivity contribution in [2.24, 2.45) is 5.73 Å². The first-order chi connectivity index (χ1) is 12.4. The molecule has 0 spiro atoms. The number of nitrogens with one attached hydrogen (secondary N) is 2. The van der Waals surface area contributed by atoms with Crippen molar-refractivity contribution in [2.45, 2.75) is 57.7 Å². The van der Waals surface area contributed by atoms with E-state index in [0.717, 1.165) is 25.7 Å². The van der Waals surface area contributed by atoms with Gasteiger partial charge in [0.2, 0.25) is 0 Å². The topological polar surface area (TPSA) is 103 Å². The molecule has 144 valence electrons. The Hall–Kier alpha value is -2.28. The van der Waals surface area contributed by atoms with Gasteiger partial charge in [-0.1, -0.05) is 0 Å². The average molecular weight is 363 g/mol. The molecule has 1 saturated carbocycles. The molecule has 4 N–H and O–H groups in total. The van der Waals surface area contributed by atoms with Crippen LogP contribution in [-0.4, -0.2) is 43.7 Å². The van der Waals surface area contributed by atoms with E-state index in [4.69, 9.17) is 15.2 Å². The van der Waals surface area contributed by atoms with Crippen LogP contribution in [0.4, 0.5) is 0 Å². The zero-order valence-electron chi connectivity index (χ0n) is 15.7. The van der Waals surface area contributed by atoms with Gasteiger partial charge in [0.15, 0.2) is 18.1 Å². The van der Waals surface area contributed by atoms with E-state index in [2.05, 4.69) is 10.6 Å². The van der Waals surface area contributed by atoms with E-state index in [-0.39, 0.29) is 36.5 Å². The molecule has 0 aliphatic heterocycles. The molecule has 2 rings (SSSR count). The lowest BCUT2D eigenvalue weighted by molar-refractivity contribution is -0.123. The molecule has 0 aromatic heterocycles. The molecule has 1 aliphatic rings. The first-order valence-electron chi connectivity index (χ1n) is 9.05. The van der Waals surface area contributed by atoms with Crippen LogP contribution in [0, 0.1) is 0 Å². The van der Waals surface area contributed by atoms with Gasteiger partial charge in [-0.2, -0.15) is 0 Å². The quantitative estimate of drug-likeness (QED) is 0.683. The van der Waals surface area contributed by atoms with E-state index in [1.54, 1.807) is 18.2 Å². The number of hydrogen-bond acceptors (Lipinski definition) is 5. The molecular weight excluding hydrogens is 334 g/mol. The second-order valence-corrected chi connectivity index (χ2v) is 6.96. The van der Waals surface area contributed by atoms with Crippen LogP contribution >= 0.6 is 0 Å². The Morgan fingerprint density at radius 3 is 2.50 bits per heavy atom. The molecule has 26 heavy (non-hydrogen) atoms. The lowest BCUT2D eigenvalue weighted by atomic mass is 9.91. The van der Waals surface area contributed by atoms with Gasteiger partial charge in [-0.15, -0.1) is 0 Å². The summed E-state index contributed by atoms with van der Waals surface area (Å²) < 4.78 is 10.8. The molecule has 2 amide bonds. The predicted octanol–water partition coefficient (Wildman–Crippen LogP) is 1.60. The van der Waals surface area contributed by atoms with E-state index in [1.165, 1.54) is 7.11 Å². The van der Waals surface area contributed by atoms with Crippen molar-refractivity contribution in [1.29, 1.82) is 0 Å². The highest BCUT2D eigenvalue weighted by molar-refractivity contribution is 5.95. The Balaban J connectivity index is 1.96. The number of methoxy groups -OCH3 is 1. The number of carbonyl (C=O) groups excluding carboxylic acids is 2. The van der Waals surface area contributed by atoms with Gasteiger partial charge >= 0.3 is 0 Å². The average Bonchev–Trinajstić information content (AvgIpc) is 2.61. The maximum absolute atomic E-state index is 12.5. The van der Waals surface area contributed by atoms with Crippen molar-refractivity contribution in [3.05, 3.63) is 23.8 Å². The molecule has 7 heteroatoms. The highest BCUT2D eigenvalue weighted by Crippen LogP contribution is 2.28. The standard InChI is InChI=1S/C19H29N3O4/c1-12(2)21-18(23)11-26-16-9-4-13(10-17(16)25-3)19(24)22-15-7-5-14(20)6-8-15/h4,9-10,12,14-15H,5-8,11,20H2,1-3H3,(H,21,23)(H,22,24). The van der Waals surface area contributed by atoms with Crippen molar-refractivity contribution in [3.63, 3.8) is 0 Å². The summed E-state index contributed by atoms with van der Waals surface area (Å²) in [6, 6.07) is 5.39. The molecule has 1 aromatic rings. The molecule has 0 radical (unpaired) electrons. The first-order valence-corrected chi connectivity index (χ1v) is 9.05. The van der Waals surface area contributed by atoms with Crippen molar-refractivity contribution >= 4 is 11.8 Å². The maximum atomic E-state index is 12.5. The fraction of sp³-hybridized carbons (Fsp3) is 0.579. The number of rotatable bonds is 7. The normalized spacial score (nSPS) is 19.7. The number of hydrogen-bond donors (Lipinski definition) is 3. The van der Waals surface area contributed by atoms with Crippen molar-refractivity contribution in [1.82, 2.24) is 10.6 Å². The summed E-state index contributed by atoms with van der Waals surface area (Å²) in [6.45, 7) is 3.65. The third-order valence-electron chi connectivity index (χ3n) is 4.34. The van der Waals surface area contributed by atoms with Crippen LogP contribution in [0.25, 0.3) is 0 Å². The van der Waals surface area contributed by atoms with Gasteiger partial charge in [0, 0.05) is 23.7 Å². The summed E-state index contributed by atoms with van der Waals surface area (Å²) >= 11 is 0. The first kappa shape index (κ1) is 20.0. The van der Waals surface area contributed by atoms with E-state index in [9.17, 15) is 9.59 Å². The van der Waals surface area contributed by atoms with Gasteiger partial charge in [0.05, 0.1) is 7.11 Å². The fourth-order valence-corrected chi connectivity index (χ4v) is 2.97. The van der Waals surface area contributed by atoms with Crippen molar-refractivity contribution in [2.75, 3.05) is 13.7 Å². The molecular formula is C19H29N3O4. The Morgan fingerprint density at radius 2 is 1.88 bits per heavy atom. The maximum Gasteiger partial charge on any atom is 0.258 e. The van der Waals surface area contributed by atoms with Crippen LogP contribution in [0.5, 0.6) is 11.5 Å². The molecule has 0 unspecified atom stereocenters. The minimum Gasteiger partial charge on any atom is -0.493 e. The summed E-state index contributed by atoms with van der Waals surface area (Å²) in [5.74, 6) is 0.486. The molecule has 1 aliphatic carbocycles. The van der Waals surface area contributed by atoms with E-state index < -0.39 is 0 Å². The van der Waals surface area contributed by atoms with Gasteiger partial charge in [-0.05, 0) is 57.7 Å². The van der Waals surface area contributed by atoms with Crippen LogP contribution in [0.15, 0.2) is 18.2 Å². The Bertz CT molecular complexity index is 625. The monoisotopic (exact) mass is 363 g/mol. The lowest BCUT2D eigenvalue weighted by Crippen LogP contribution is -2.40. The highest BCUT2D eigenvalue weighted by Gasteiger charge is 2.21. The summed E-state index contributed by atoms with van der Waals surface area (Å²) in [5, 5.41) is 5.79. The highest BCUT2D eigenvalue weighted by atomic mass is 16.5. The van der Waals surface area contributed by atoms with Gasteiger partial charge in [-0.25, -0.2) is 0 Å². The smallest absolute Gasteiger partial charge is 0.258 e.